The fourth-order valence-electron chi connectivity index (χ4n) is 1.19. The van der Waals surface area contributed by atoms with E-state index in [9.17, 15) is 8.42 Å². The van der Waals surface area contributed by atoms with Crippen molar-refractivity contribution in [3.63, 3.8) is 0 Å². The van der Waals surface area contributed by atoms with Gasteiger partial charge in [0.25, 0.3) is 0 Å². The highest BCUT2D eigenvalue weighted by molar-refractivity contribution is 7.90. The molecule has 0 radical (unpaired) electrons. The first-order chi connectivity index (χ1) is 7.45. The molecule has 96 valence electrons. The van der Waals surface area contributed by atoms with Crippen LogP contribution in [0.1, 0.15) is 26.7 Å². The highest BCUT2D eigenvalue weighted by Crippen LogP contribution is 2.18. The molecule has 1 aliphatic carbocycles. The standard InChI is InChI=1S/C10H22N2O3S/c1-8(15-3)6-12-16(13,14)9(2)7-11-10-4-5-10/h8-12H,4-7H2,1-3H3. The molecule has 1 rings (SSSR count). The zero-order valence-corrected chi connectivity index (χ0v) is 11.0. The van der Waals surface area contributed by atoms with Gasteiger partial charge in [-0.05, 0) is 26.7 Å². The smallest absolute Gasteiger partial charge is 0.215 e. The van der Waals surface area contributed by atoms with Crippen molar-refractivity contribution in [2.45, 2.75) is 44.1 Å². The molecule has 2 unspecified atom stereocenters. The van der Waals surface area contributed by atoms with Gasteiger partial charge in [0.1, 0.15) is 0 Å². The van der Waals surface area contributed by atoms with Crippen molar-refractivity contribution in [3.8, 4) is 0 Å². The predicted octanol–water partition coefficient (Wildman–Crippen LogP) is 0.0812. The van der Waals surface area contributed by atoms with Crippen molar-refractivity contribution >= 4 is 10.0 Å². The van der Waals surface area contributed by atoms with E-state index in [-0.39, 0.29) is 6.10 Å². The summed E-state index contributed by atoms with van der Waals surface area (Å²) in [6.45, 7) is 4.39. The lowest BCUT2D eigenvalue weighted by molar-refractivity contribution is 0.122. The monoisotopic (exact) mass is 250 g/mol. The van der Waals surface area contributed by atoms with Crippen molar-refractivity contribution in [1.82, 2.24) is 10.0 Å². The molecule has 0 aromatic rings. The van der Waals surface area contributed by atoms with Crippen molar-refractivity contribution < 1.29 is 13.2 Å². The SMILES string of the molecule is COC(C)CNS(=O)(=O)C(C)CNC1CC1. The maximum absolute atomic E-state index is 11.8. The average molecular weight is 250 g/mol. The topological polar surface area (TPSA) is 67.4 Å². The van der Waals surface area contributed by atoms with E-state index in [0.717, 1.165) is 0 Å². The molecule has 16 heavy (non-hydrogen) atoms. The van der Waals surface area contributed by atoms with Gasteiger partial charge in [0.2, 0.25) is 10.0 Å². The Labute approximate surface area is 98.0 Å². The van der Waals surface area contributed by atoms with E-state index in [1.54, 1.807) is 14.0 Å². The van der Waals surface area contributed by atoms with Crippen molar-refractivity contribution in [2.75, 3.05) is 20.2 Å². The lowest BCUT2D eigenvalue weighted by Crippen LogP contribution is -2.42. The molecule has 0 spiro atoms. The van der Waals surface area contributed by atoms with Gasteiger partial charge in [0, 0.05) is 26.2 Å². The Bertz CT molecular complexity index is 301. The van der Waals surface area contributed by atoms with Crippen LogP contribution in [0, 0.1) is 0 Å². The summed E-state index contributed by atoms with van der Waals surface area (Å²) in [6.07, 6.45) is 2.24. The second-order valence-electron chi connectivity index (χ2n) is 4.43. The quantitative estimate of drug-likeness (QED) is 0.640. The van der Waals surface area contributed by atoms with E-state index in [1.807, 2.05) is 6.92 Å². The number of rotatable bonds is 8. The Balaban J connectivity index is 2.29. The molecule has 2 N–H and O–H groups in total. The largest absolute Gasteiger partial charge is 0.380 e. The summed E-state index contributed by atoms with van der Waals surface area (Å²) in [7, 11) is -1.66. The molecule has 0 saturated heterocycles. The van der Waals surface area contributed by atoms with Crippen molar-refractivity contribution in [1.29, 1.82) is 0 Å². The molecule has 0 aliphatic heterocycles. The van der Waals surface area contributed by atoms with Crippen LogP contribution < -0.4 is 10.0 Å². The number of hydrogen-bond acceptors (Lipinski definition) is 4. The second kappa shape index (κ2) is 5.95. The van der Waals surface area contributed by atoms with Gasteiger partial charge in [-0.25, -0.2) is 13.1 Å². The Morgan fingerprint density at radius 2 is 1.94 bits per heavy atom. The third-order valence-corrected chi connectivity index (χ3v) is 4.57. The molecule has 1 aliphatic rings. The Kier molecular flexibility index (Phi) is 5.17. The van der Waals surface area contributed by atoms with Gasteiger partial charge in [-0.1, -0.05) is 0 Å². The summed E-state index contributed by atoms with van der Waals surface area (Å²) < 4.78 is 31.1. The minimum absolute atomic E-state index is 0.0987. The van der Waals surface area contributed by atoms with E-state index < -0.39 is 15.3 Å². The molecule has 2 atom stereocenters. The van der Waals surface area contributed by atoms with Crippen LogP contribution in [0.15, 0.2) is 0 Å². The van der Waals surface area contributed by atoms with Crippen LogP contribution >= 0.6 is 0 Å². The zero-order valence-electron chi connectivity index (χ0n) is 10.2. The third-order valence-electron chi connectivity index (χ3n) is 2.78. The van der Waals surface area contributed by atoms with Crippen LogP contribution in [-0.2, 0) is 14.8 Å². The molecule has 0 amide bonds. The molecule has 0 aromatic carbocycles. The Morgan fingerprint density at radius 1 is 1.31 bits per heavy atom. The molecule has 1 fully saturated rings. The van der Waals surface area contributed by atoms with E-state index in [1.165, 1.54) is 12.8 Å². The summed E-state index contributed by atoms with van der Waals surface area (Å²) in [6, 6.07) is 0.538. The first-order valence-electron chi connectivity index (χ1n) is 5.70. The number of hydrogen-bond donors (Lipinski definition) is 2. The van der Waals surface area contributed by atoms with Gasteiger partial charge in [-0.3, -0.25) is 0 Å². The molecule has 5 nitrogen and oxygen atoms in total. The molecular weight excluding hydrogens is 228 g/mol. The van der Waals surface area contributed by atoms with Crippen LogP contribution in [0.2, 0.25) is 0 Å². The predicted molar refractivity (Wildman–Crippen MR) is 63.9 cm³/mol. The summed E-state index contributed by atoms with van der Waals surface area (Å²) >= 11 is 0. The first-order valence-corrected chi connectivity index (χ1v) is 7.25. The third kappa shape index (κ3) is 4.78. The van der Waals surface area contributed by atoms with Crippen LogP contribution in [0.25, 0.3) is 0 Å². The van der Waals surface area contributed by atoms with Gasteiger partial charge >= 0.3 is 0 Å². The average Bonchev–Trinajstić information content (AvgIpc) is 3.06. The molecule has 0 heterocycles. The molecule has 0 bridgehead atoms. The van der Waals surface area contributed by atoms with E-state index in [2.05, 4.69) is 10.0 Å². The summed E-state index contributed by atoms with van der Waals surface area (Å²) in [5.41, 5.74) is 0. The lowest BCUT2D eigenvalue weighted by atomic mass is 10.4. The van der Waals surface area contributed by atoms with Crippen molar-refractivity contribution in [3.05, 3.63) is 0 Å². The maximum Gasteiger partial charge on any atom is 0.215 e. The first kappa shape index (κ1) is 13.9. The highest BCUT2D eigenvalue weighted by Gasteiger charge is 2.25. The van der Waals surface area contributed by atoms with Crippen molar-refractivity contribution in [2.24, 2.45) is 0 Å². The number of sulfonamides is 1. The fourth-order valence-corrected chi connectivity index (χ4v) is 2.26. The minimum Gasteiger partial charge on any atom is -0.380 e. The molecule has 0 aromatic heterocycles. The molecular formula is C10H22N2O3S. The van der Waals surface area contributed by atoms with Gasteiger partial charge in [-0.15, -0.1) is 0 Å². The van der Waals surface area contributed by atoms with Gasteiger partial charge in [0.05, 0.1) is 11.4 Å². The highest BCUT2D eigenvalue weighted by atomic mass is 32.2. The maximum atomic E-state index is 11.8. The normalized spacial score (nSPS) is 20.7. The summed E-state index contributed by atoms with van der Waals surface area (Å²) in [5.74, 6) is 0. The van der Waals surface area contributed by atoms with E-state index >= 15 is 0 Å². The fraction of sp³-hybridized carbons (Fsp3) is 1.00. The number of nitrogens with one attached hydrogen (secondary N) is 2. The summed E-state index contributed by atoms with van der Waals surface area (Å²) in [5, 5.41) is 2.81. The van der Waals surface area contributed by atoms with E-state index in [4.69, 9.17) is 4.74 Å². The molecule has 6 heteroatoms. The zero-order chi connectivity index (χ0) is 12.2. The van der Waals surface area contributed by atoms with Crippen LogP contribution in [0.4, 0.5) is 0 Å². The molecule has 1 saturated carbocycles. The minimum atomic E-state index is -3.23. The van der Waals surface area contributed by atoms with Gasteiger partial charge < -0.3 is 10.1 Å². The van der Waals surface area contributed by atoms with Crippen LogP contribution in [0.3, 0.4) is 0 Å². The Morgan fingerprint density at radius 3 is 2.44 bits per heavy atom. The summed E-state index contributed by atoms with van der Waals surface area (Å²) in [4.78, 5) is 0. The van der Waals surface area contributed by atoms with Gasteiger partial charge in [0.15, 0.2) is 0 Å². The van der Waals surface area contributed by atoms with Crippen LogP contribution in [0.5, 0.6) is 0 Å². The Hall–Kier alpha value is -0.170. The second-order valence-corrected chi connectivity index (χ2v) is 6.62. The number of ether oxygens (including phenoxy) is 1. The van der Waals surface area contributed by atoms with Crippen LogP contribution in [-0.4, -0.2) is 46.0 Å². The number of methoxy groups -OCH3 is 1. The lowest BCUT2D eigenvalue weighted by Gasteiger charge is -2.16. The van der Waals surface area contributed by atoms with E-state index in [0.29, 0.717) is 19.1 Å². The van der Waals surface area contributed by atoms with Gasteiger partial charge in [-0.2, -0.15) is 0 Å².